The average Bonchev–Trinajstić information content (AvgIpc) is 3.27. The molecule has 0 bridgehead atoms. The van der Waals surface area contributed by atoms with Gasteiger partial charge in [0.2, 0.25) is 5.78 Å². The van der Waals surface area contributed by atoms with E-state index in [4.69, 9.17) is 33.2 Å². The maximum absolute atomic E-state index is 13.4. The van der Waals surface area contributed by atoms with Crippen molar-refractivity contribution in [3.8, 4) is 40.2 Å². The van der Waals surface area contributed by atoms with Crippen LogP contribution in [0.2, 0.25) is 0 Å². The molecule has 3 aromatic carbocycles. The molecule has 39 heavy (non-hydrogen) atoms. The summed E-state index contributed by atoms with van der Waals surface area (Å²) < 4.78 is 39.3. The van der Waals surface area contributed by atoms with Gasteiger partial charge >= 0.3 is 0 Å². The molecule has 2 heterocycles. The SMILES string of the molecule is COc1cc(OC)c(OC)cc1/C=C1\Oc2c(cc3c(c2C)OCN(Cc2ccc(OC)c(OC)c2)C3)C1=O. The van der Waals surface area contributed by atoms with Crippen LogP contribution in [0.1, 0.15) is 32.6 Å². The zero-order valence-electron chi connectivity index (χ0n) is 22.9. The van der Waals surface area contributed by atoms with E-state index in [0.717, 1.165) is 22.4 Å². The van der Waals surface area contributed by atoms with Gasteiger partial charge in [-0.2, -0.15) is 0 Å². The van der Waals surface area contributed by atoms with Gasteiger partial charge in [0.15, 0.2) is 28.8 Å². The lowest BCUT2D eigenvalue weighted by Gasteiger charge is -2.30. The summed E-state index contributed by atoms with van der Waals surface area (Å²) in [4.78, 5) is 15.6. The minimum Gasteiger partial charge on any atom is -0.496 e. The summed E-state index contributed by atoms with van der Waals surface area (Å²) >= 11 is 0. The topological polar surface area (TPSA) is 84.9 Å². The summed E-state index contributed by atoms with van der Waals surface area (Å²) in [6.07, 6.45) is 1.66. The predicted octanol–water partition coefficient (Wildman–Crippen LogP) is 5.01. The maximum Gasteiger partial charge on any atom is 0.231 e. The van der Waals surface area contributed by atoms with Crippen molar-refractivity contribution in [2.45, 2.75) is 20.0 Å². The van der Waals surface area contributed by atoms with E-state index in [2.05, 4.69) is 4.90 Å². The molecule has 204 valence electrons. The molecular formula is C30H31NO8. The highest BCUT2D eigenvalue weighted by Gasteiger charge is 2.34. The molecule has 0 N–H and O–H groups in total. The first-order chi connectivity index (χ1) is 18.9. The van der Waals surface area contributed by atoms with Gasteiger partial charge in [-0.1, -0.05) is 6.07 Å². The van der Waals surface area contributed by atoms with Crippen molar-refractivity contribution in [3.05, 3.63) is 70.0 Å². The lowest BCUT2D eigenvalue weighted by Crippen LogP contribution is -2.32. The maximum atomic E-state index is 13.4. The van der Waals surface area contributed by atoms with Crippen LogP contribution < -0.4 is 33.2 Å². The fourth-order valence-electron chi connectivity index (χ4n) is 4.94. The molecule has 0 unspecified atom stereocenters. The summed E-state index contributed by atoms with van der Waals surface area (Å²) in [5, 5.41) is 0. The third kappa shape index (κ3) is 4.81. The summed E-state index contributed by atoms with van der Waals surface area (Å²) in [5.74, 6) is 4.17. The molecule has 9 nitrogen and oxygen atoms in total. The number of ketones is 1. The van der Waals surface area contributed by atoms with Crippen molar-refractivity contribution in [2.24, 2.45) is 0 Å². The highest BCUT2D eigenvalue weighted by molar-refractivity contribution is 6.15. The van der Waals surface area contributed by atoms with E-state index in [1.807, 2.05) is 31.2 Å². The van der Waals surface area contributed by atoms with Gasteiger partial charge in [0.05, 0.1) is 41.1 Å². The molecular weight excluding hydrogens is 502 g/mol. The molecule has 3 aromatic rings. The highest BCUT2D eigenvalue weighted by atomic mass is 16.5. The lowest BCUT2D eigenvalue weighted by molar-refractivity contribution is 0.0876. The van der Waals surface area contributed by atoms with E-state index in [-0.39, 0.29) is 11.5 Å². The van der Waals surface area contributed by atoms with Crippen molar-refractivity contribution in [1.82, 2.24) is 4.90 Å². The van der Waals surface area contributed by atoms with Gasteiger partial charge < -0.3 is 33.2 Å². The minimum absolute atomic E-state index is 0.197. The molecule has 0 aliphatic carbocycles. The molecule has 0 radical (unpaired) electrons. The molecule has 9 heteroatoms. The molecule has 0 saturated heterocycles. The molecule has 0 aromatic heterocycles. The first-order valence-electron chi connectivity index (χ1n) is 12.4. The van der Waals surface area contributed by atoms with Crippen LogP contribution in [0.25, 0.3) is 6.08 Å². The van der Waals surface area contributed by atoms with Crippen LogP contribution in [0.15, 0.2) is 42.2 Å². The van der Waals surface area contributed by atoms with E-state index in [1.54, 1.807) is 53.8 Å². The van der Waals surface area contributed by atoms with Gasteiger partial charge in [0.25, 0.3) is 0 Å². The quantitative estimate of drug-likeness (QED) is 0.371. The van der Waals surface area contributed by atoms with Crippen molar-refractivity contribution in [1.29, 1.82) is 0 Å². The summed E-state index contributed by atoms with van der Waals surface area (Å²) in [5.41, 5.74) is 3.93. The summed E-state index contributed by atoms with van der Waals surface area (Å²) in [6, 6.07) is 11.2. The van der Waals surface area contributed by atoms with Crippen LogP contribution in [0, 0.1) is 6.92 Å². The zero-order chi connectivity index (χ0) is 27.7. The molecule has 2 aliphatic rings. The number of Topliss-reactive ketones (excluding diaryl/α,β-unsaturated/α-hetero) is 1. The van der Waals surface area contributed by atoms with Crippen molar-refractivity contribution in [3.63, 3.8) is 0 Å². The number of hydrogen-bond donors (Lipinski definition) is 0. The van der Waals surface area contributed by atoms with Crippen molar-refractivity contribution < 1.29 is 38.0 Å². The third-order valence-electron chi connectivity index (χ3n) is 6.88. The Morgan fingerprint density at radius 2 is 1.49 bits per heavy atom. The normalized spacial score (nSPS) is 15.2. The second kappa shape index (κ2) is 10.8. The summed E-state index contributed by atoms with van der Waals surface area (Å²) in [7, 11) is 7.89. The van der Waals surface area contributed by atoms with Gasteiger partial charge in [-0.25, -0.2) is 0 Å². The monoisotopic (exact) mass is 533 g/mol. The Bertz CT molecular complexity index is 1460. The predicted molar refractivity (Wildman–Crippen MR) is 145 cm³/mol. The second-order valence-electron chi connectivity index (χ2n) is 9.21. The van der Waals surface area contributed by atoms with Crippen LogP contribution >= 0.6 is 0 Å². The fraction of sp³-hybridized carbons (Fsp3) is 0.300. The zero-order valence-corrected chi connectivity index (χ0v) is 22.9. The average molecular weight is 534 g/mol. The van der Waals surface area contributed by atoms with Crippen molar-refractivity contribution >= 4 is 11.9 Å². The van der Waals surface area contributed by atoms with Gasteiger partial charge in [-0.05, 0) is 42.8 Å². The smallest absolute Gasteiger partial charge is 0.231 e. The summed E-state index contributed by atoms with van der Waals surface area (Å²) in [6.45, 7) is 3.58. The van der Waals surface area contributed by atoms with Gasteiger partial charge in [0, 0.05) is 35.8 Å². The standard InChI is InChI=1S/C30H31NO8/c1-17-29-20(15-31(16-38-29)14-18-7-8-22(33-2)24(9-18)35-4)10-21-28(32)27(39-30(17)21)12-19-11-25(36-5)26(37-6)13-23(19)34-3/h7-13H,14-16H2,1-6H3/b27-12-. The number of rotatable bonds is 8. The van der Waals surface area contributed by atoms with Crippen LogP contribution in [0.5, 0.6) is 40.2 Å². The van der Waals surface area contributed by atoms with Crippen LogP contribution in [-0.4, -0.2) is 53.0 Å². The number of benzene rings is 3. The highest BCUT2D eigenvalue weighted by Crippen LogP contribution is 2.44. The minimum atomic E-state index is -0.204. The van der Waals surface area contributed by atoms with Gasteiger partial charge in [-0.15, -0.1) is 0 Å². The lowest BCUT2D eigenvalue weighted by atomic mass is 9.99. The Morgan fingerprint density at radius 3 is 2.18 bits per heavy atom. The molecule has 0 amide bonds. The molecule has 5 rings (SSSR count). The van der Waals surface area contributed by atoms with E-state index in [9.17, 15) is 4.79 Å². The van der Waals surface area contributed by atoms with Crippen LogP contribution in [-0.2, 0) is 13.1 Å². The Balaban J connectivity index is 1.42. The number of ether oxygens (including phenoxy) is 7. The fourth-order valence-corrected chi connectivity index (χ4v) is 4.94. The Hall–Kier alpha value is -4.37. The number of hydrogen-bond acceptors (Lipinski definition) is 9. The first-order valence-corrected chi connectivity index (χ1v) is 12.4. The largest absolute Gasteiger partial charge is 0.496 e. The third-order valence-corrected chi connectivity index (χ3v) is 6.88. The number of carbonyl (C=O) groups excluding carboxylic acids is 1. The first kappa shape index (κ1) is 26.2. The number of nitrogens with zero attached hydrogens (tertiary/aromatic N) is 1. The van der Waals surface area contributed by atoms with E-state index >= 15 is 0 Å². The van der Waals surface area contributed by atoms with E-state index < -0.39 is 0 Å². The van der Waals surface area contributed by atoms with E-state index in [0.29, 0.717) is 65.4 Å². The Kier molecular flexibility index (Phi) is 7.26. The number of allylic oxidation sites excluding steroid dienone is 1. The Morgan fingerprint density at radius 1 is 0.821 bits per heavy atom. The number of methoxy groups -OCH3 is 5. The molecule has 0 fully saturated rings. The number of fused-ring (bicyclic) bond motifs is 2. The molecule has 0 saturated carbocycles. The Labute approximate surface area is 227 Å². The molecule has 0 spiro atoms. The van der Waals surface area contributed by atoms with Crippen molar-refractivity contribution in [2.75, 3.05) is 42.3 Å². The van der Waals surface area contributed by atoms with E-state index in [1.165, 1.54) is 0 Å². The molecule has 2 aliphatic heterocycles. The van der Waals surface area contributed by atoms with Gasteiger partial charge in [-0.3, -0.25) is 9.69 Å². The van der Waals surface area contributed by atoms with Crippen LogP contribution in [0.3, 0.4) is 0 Å². The van der Waals surface area contributed by atoms with Gasteiger partial charge in [0.1, 0.15) is 24.0 Å². The molecule has 0 atom stereocenters. The second-order valence-corrected chi connectivity index (χ2v) is 9.21. The van der Waals surface area contributed by atoms with Crippen LogP contribution in [0.4, 0.5) is 0 Å². The number of carbonyl (C=O) groups is 1.